The van der Waals surface area contributed by atoms with Crippen molar-refractivity contribution >= 4 is 29.2 Å². The Kier molecular flexibility index (Phi) is 4.72. The van der Waals surface area contributed by atoms with Crippen LogP contribution in [0.15, 0.2) is 6.07 Å². The molecular weight excluding hydrogens is 287 g/mol. The van der Waals surface area contributed by atoms with Crippen molar-refractivity contribution in [2.24, 2.45) is 0 Å². The van der Waals surface area contributed by atoms with E-state index in [0.717, 1.165) is 0 Å². The van der Waals surface area contributed by atoms with Crippen LogP contribution in [0.2, 0.25) is 5.15 Å². The van der Waals surface area contributed by atoms with Crippen molar-refractivity contribution in [3.05, 3.63) is 17.0 Å². The molecule has 0 saturated heterocycles. The first-order valence-corrected chi connectivity index (χ1v) is 6.65. The van der Waals surface area contributed by atoms with Crippen LogP contribution >= 0.6 is 23.4 Å². The molecule has 0 aliphatic heterocycles. The van der Waals surface area contributed by atoms with Gasteiger partial charge in [0.1, 0.15) is 11.0 Å². The fourth-order valence-electron chi connectivity index (χ4n) is 1.01. The number of aromatic nitrogens is 2. The number of thioether (sulfide) groups is 1. The summed E-state index contributed by atoms with van der Waals surface area (Å²) < 4.78 is 37.3. The number of anilines is 1. The van der Waals surface area contributed by atoms with Crippen LogP contribution in [0.4, 0.5) is 19.0 Å². The molecule has 0 atom stereocenters. The van der Waals surface area contributed by atoms with E-state index in [1.807, 2.05) is 20.1 Å². The van der Waals surface area contributed by atoms with Gasteiger partial charge in [0, 0.05) is 17.4 Å². The monoisotopic (exact) mass is 299 g/mol. The number of hydrogen-bond acceptors (Lipinski definition) is 4. The number of nitrogens with zero attached hydrogens (tertiary/aromatic N) is 2. The summed E-state index contributed by atoms with van der Waals surface area (Å²) in [5.74, 6) is -1.16. The molecule has 0 unspecified atom stereocenters. The first kappa shape index (κ1) is 15.4. The second-order valence-corrected chi connectivity index (χ2v) is 6.12. The Morgan fingerprint density at radius 1 is 1.33 bits per heavy atom. The van der Waals surface area contributed by atoms with Gasteiger partial charge in [-0.2, -0.15) is 24.9 Å². The Labute approximate surface area is 113 Å². The van der Waals surface area contributed by atoms with E-state index in [1.54, 1.807) is 11.8 Å². The summed E-state index contributed by atoms with van der Waals surface area (Å²) in [5.41, 5.74) is 0. The summed E-state index contributed by atoms with van der Waals surface area (Å²) >= 11 is 7.14. The Morgan fingerprint density at radius 3 is 2.44 bits per heavy atom. The van der Waals surface area contributed by atoms with Gasteiger partial charge in [-0.3, -0.25) is 0 Å². The van der Waals surface area contributed by atoms with Crippen LogP contribution in [0.25, 0.3) is 0 Å². The van der Waals surface area contributed by atoms with Gasteiger partial charge in [0.2, 0.25) is 5.82 Å². The second kappa shape index (κ2) is 5.52. The van der Waals surface area contributed by atoms with Crippen molar-refractivity contribution in [3.63, 3.8) is 0 Å². The Bertz CT molecular complexity index is 423. The lowest BCUT2D eigenvalue weighted by Gasteiger charge is -2.22. The molecule has 3 nitrogen and oxygen atoms in total. The average Bonchev–Trinajstić information content (AvgIpc) is 2.25. The molecule has 0 spiro atoms. The number of rotatable bonds is 4. The van der Waals surface area contributed by atoms with Gasteiger partial charge >= 0.3 is 6.18 Å². The third kappa shape index (κ3) is 4.53. The fraction of sp³-hybridized carbons (Fsp3) is 0.600. The highest BCUT2D eigenvalue weighted by Crippen LogP contribution is 2.28. The van der Waals surface area contributed by atoms with Crippen LogP contribution in [-0.4, -0.2) is 27.5 Å². The molecule has 1 aromatic rings. The van der Waals surface area contributed by atoms with E-state index in [2.05, 4.69) is 15.3 Å². The summed E-state index contributed by atoms with van der Waals surface area (Å²) in [6, 6.07) is 1.27. The number of hydrogen-bond donors (Lipinski definition) is 1. The van der Waals surface area contributed by atoms with E-state index < -0.39 is 12.0 Å². The molecule has 0 fully saturated rings. The summed E-state index contributed by atoms with van der Waals surface area (Å²) in [6.07, 6.45) is -2.67. The van der Waals surface area contributed by atoms with Crippen molar-refractivity contribution in [1.29, 1.82) is 0 Å². The first-order valence-electron chi connectivity index (χ1n) is 5.05. The highest BCUT2D eigenvalue weighted by atomic mass is 35.5. The van der Waals surface area contributed by atoms with E-state index in [-0.39, 0.29) is 15.7 Å². The van der Waals surface area contributed by atoms with E-state index >= 15 is 0 Å². The highest BCUT2D eigenvalue weighted by Gasteiger charge is 2.35. The number of nitrogens with one attached hydrogen (secondary N) is 1. The molecule has 0 bridgehead atoms. The van der Waals surface area contributed by atoms with Crippen LogP contribution in [0.5, 0.6) is 0 Å². The Balaban J connectivity index is 2.88. The van der Waals surface area contributed by atoms with Crippen LogP contribution in [0.1, 0.15) is 19.7 Å². The van der Waals surface area contributed by atoms with E-state index in [4.69, 9.17) is 11.6 Å². The van der Waals surface area contributed by atoms with E-state index in [1.165, 1.54) is 6.07 Å². The molecular formula is C10H13ClF3N3S. The van der Waals surface area contributed by atoms with E-state index in [0.29, 0.717) is 6.54 Å². The van der Waals surface area contributed by atoms with Gasteiger partial charge < -0.3 is 5.32 Å². The van der Waals surface area contributed by atoms with Crippen LogP contribution < -0.4 is 5.32 Å². The summed E-state index contributed by atoms with van der Waals surface area (Å²) in [4.78, 5) is 6.56. The van der Waals surface area contributed by atoms with Gasteiger partial charge in [0.15, 0.2) is 0 Å². The number of alkyl halides is 3. The zero-order valence-electron chi connectivity index (χ0n) is 10.1. The standard InChI is InChI=1S/C10H13ClF3N3S/c1-9(2,18-3)5-15-7-4-6(11)16-8(17-7)10(12,13)14/h4H,5H2,1-3H3,(H,15,16,17). The van der Waals surface area contributed by atoms with Crippen molar-refractivity contribution in [3.8, 4) is 0 Å². The van der Waals surface area contributed by atoms with E-state index in [9.17, 15) is 13.2 Å². The molecule has 8 heteroatoms. The molecule has 1 aromatic heterocycles. The second-order valence-electron chi connectivity index (χ2n) is 4.21. The normalized spacial score (nSPS) is 12.6. The minimum absolute atomic E-state index is 0.0736. The summed E-state index contributed by atoms with van der Waals surface area (Å²) in [7, 11) is 0. The lowest BCUT2D eigenvalue weighted by molar-refractivity contribution is -0.144. The largest absolute Gasteiger partial charge is 0.451 e. The fourth-order valence-corrected chi connectivity index (χ4v) is 1.41. The van der Waals surface area contributed by atoms with Gasteiger partial charge in [-0.1, -0.05) is 11.6 Å². The van der Waals surface area contributed by atoms with Gasteiger partial charge in [-0.05, 0) is 20.1 Å². The topological polar surface area (TPSA) is 37.8 Å². The molecule has 0 aromatic carbocycles. The molecule has 0 saturated carbocycles. The van der Waals surface area contributed by atoms with Crippen LogP contribution in [0.3, 0.4) is 0 Å². The Hall–Kier alpha value is -0.690. The van der Waals surface area contributed by atoms with Gasteiger partial charge in [-0.25, -0.2) is 9.97 Å². The van der Waals surface area contributed by atoms with Crippen molar-refractivity contribution in [1.82, 2.24) is 9.97 Å². The minimum Gasteiger partial charge on any atom is -0.369 e. The van der Waals surface area contributed by atoms with Gasteiger partial charge in [-0.15, -0.1) is 0 Å². The van der Waals surface area contributed by atoms with Crippen LogP contribution in [-0.2, 0) is 6.18 Å². The summed E-state index contributed by atoms with van der Waals surface area (Å²) in [5, 5.41) is 2.60. The molecule has 0 aliphatic rings. The van der Waals surface area contributed by atoms with Crippen LogP contribution in [0, 0.1) is 0 Å². The lowest BCUT2D eigenvalue weighted by Crippen LogP contribution is -2.26. The zero-order chi connectivity index (χ0) is 14.0. The Morgan fingerprint density at radius 2 is 1.94 bits per heavy atom. The molecule has 0 radical (unpaired) electrons. The maximum absolute atomic E-state index is 12.5. The highest BCUT2D eigenvalue weighted by molar-refractivity contribution is 7.99. The molecule has 18 heavy (non-hydrogen) atoms. The van der Waals surface area contributed by atoms with Gasteiger partial charge in [0.25, 0.3) is 0 Å². The number of halogens is 4. The van der Waals surface area contributed by atoms with Gasteiger partial charge in [0.05, 0.1) is 0 Å². The minimum atomic E-state index is -4.60. The zero-order valence-corrected chi connectivity index (χ0v) is 11.7. The first-order chi connectivity index (χ1) is 8.14. The predicted molar refractivity (Wildman–Crippen MR) is 68.1 cm³/mol. The molecule has 1 heterocycles. The molecule has 0 amide bonds. The molecule has 1 N–H and O–H groups in total. The lowest BCUT2D eigenvalue weighted by atomic mass is 10.2. The van der Waals surface area contributed by atoms with Crippen molar-refractivity contribution in [2.75, 3.05) is 18.1 Å². The average molecular weight is 300 g/mol. The molecule has 1 rings (SSSR count). The molecule has 102 valence electrons. The van der Waals surface area contributed by atoms with Crippen molar-refractivity contribution < 1.29 is 13.2 Å². The predicted octanol–water partition coefficient (Wildman–Crippen LogP) is 3.70. The maximum atomic E-state index is 12.5. The molecule has 0 aliphatic carbocycles. The maximum Gasteiger partial charge on any atom is 0.451 e. The third-order valence-corrected chi connectivity index (χ3v) is 3.64. The summed E-state index contributed by atoms with van der Waals surface area (Å²) in [6.45, 7) is 4.41. The smallest absolute Gasteiger partial charge is 0.369 e. The van der Waals surface area contributed by atoms with Crippen molar-refractivity contribution in [2.45, 2.75) is 24.8 Å². The third-order valence-electron chi connectivity index (χ3n) is 2.20. The SMILES string of the molecule is CSC(C)(C)CNc1cc(Cl)nc(C(F)(F)F)n1. The quantitative estimate of drug-likeness (QED) is 0.860.